The Morgan fingerprint density at radius 2 is 0.787 bits per heavy atom. The fourth-order valence-corrected chi connectivity index (χ4v) is 15.2. The smallest absolute Gasteiger partial charge is 0.257 e. The fourth-order valence-electron chi connectivity index (χ4n) is 14.1. The number of aliphatic hydroxyl groups excluding tert-OH is 5. The van der Waals surface area contributed by atoms with Crippen LogP contribution in [-0.2, 0) is 56.6 Å². The van der Waals surface area contributed by atoms with E-state index in [2.05, 4.69) is 37.5 Å². The minimum atomic E-state index is -1.33. The third-order valence-electron chi connectivity index (χ3n) is 21.4. The highest BCUT2D eigenvalue weighted by atomic mass is 79.9. The number of hydrogen-bond donors (Lipinski definition) is 6. The van der Waals surface area contributed by atoms with E-state index in [0.29, 0.717) is 99.2 Å². The Bertz CT molecular complexity index is 4810. The normalized spacial score (nSPS) is 20.6. The van der Waals surface area contributed by atoms with E-state index in [1.165, 1.54) is 6.20 Å². The fraction of sp³-hybridized carbons (Fsp3) is 0.325. The molecular weight excluding hydrogens is 1570 g/mol. The Labute approximate surface area is 664 Å². The lowest BCUT2D eigenvalue weighted by Crippen LogP contribution is -2.47. The Morgan fingerprint density at radius 3 is 1.11 bits per heavy atom. The van der Waals surface area contributed by atoms with Crippen molar-refractivity contribution in [3.8, 4) is 0 Å². The number of carbonyl (C=O) groups excluding carboxylic acids is 3. The quantitative estimate of drug-likeness (QED) is 0.0280. The maximum Gasteiger partial charge on any atom is 0.257 e. The molecule has 0 radical (unpaired) electrons. The van der Waals surface area contributed by atoms with E-state index in [0.717, 1.165) is 70.8 Å². The molecule has 3 amide bonds. The van der Waals surface area contributed by atoms with E-state index < -0.39 is 22.8 Å². The van der Waals surface area contributed by atoms with Crippen molar-refractivity contribution in [2.75, 3.05) is 52.9 Å². The summed E-state index contributed by atoms with van der Waals surface area (Å²) in [5.74, 6) is -0.664. The average molecular weight is 1650 g/mol. The lowest BCUT2D eigenvalue weighted by molar-refractivity contribution is -0.129. The zero-order chi connectivity index (χ0) is 76.6. The second-order valence-electron chi connectivity index (χ2n) is 28.9. The van der Waals surface area contributed by atoms with Gasteiger partial charge in [0.15, 0.2) is 17.2 Å². The molecule has 108 heavy (non-hydrogen) atoms. The van der Waals surface area contributed by atoms with E-state index in [9.17, 15) is 45.0 Å². The number of aliphatic hydroxyl groups is 6. The topological polar surface area (TPSA) is 249 Å². The molecule has 3 saturated carbocycles. The largest absolute Gasteiger partial charge is 0.396 e. The Balaban J connectivity index is 0.000000143. The van der Waals surface area contributed by atoms with Gasteiger partial charge >= 0.3 is 0 Å². The molecular formula is C83H79BrCl6N6O12. The van der Waals surface area contributed by atoms with Crippen LogP contribution in [0, 0.1) is 16.2 Å². The molecule has 6 heterocycles. The molecule has 6 aromatic carbocycles. The van der Waals surface area contributed by atoms with E-state index >= 15 is 0 Å². The van der Waals surface area contributed by atoms with Crippen molar-refractivity contribution in [2.45, 2.75) is 101 Å². The predicted molar refractivity (Wildman–Crippen MR) is 417 cm³/mol. The van der Waals surface area contributed by atoms with Crippen LogP contribution in [0.1, 0.15) is 151 Å². The maximum absolute atomic E-state index is 14.2. The highest BCUT2D eigenvalue weighted by Gasteiger charge is 2.59. The number of pyridine rings is 3. The van der Waals surface area contributed by atoms with Gasteiger partial charge < -0.3 is 44.8 Å². The van der Waals surface area contributed by atoms with Gasteiger partial charge in [0.1, 0.15) is 0 Å². The van der Waals surface area contributed by atoms with Crippen LogP contribution < -0.4 is 0 Å². The van der Waals surface area contributed by atoms with E-state index in [4.69, 9.17) is 83.8 Å². The molecule has 3 aliphatic heterocycles. The molecule has 18 nitrogen and oxygen atoms in total. The first kappa shape index (κ1) is 78.9. The molecule has 562 valence electrons. The number of benzene rings is 6. The Hall–Kier alpha value is -7.22. The number of halogens is 7. The van der Waals surface area contributed by atoms with Gasteiger partial charge in [-0.15, -0.1) is 0 Å². The second-order valence-corrected chi connectivity index (χ2v) is 32.4. The number of carbonyl (C=O) groups is 3. The van der Waals surface area contributed by atoms with Crippen molar-refractivity contribution in [2.24, 2.45) is 16.2 Å². The summed E-state index contributed by atoms with van der Waals surface area (Å²) in [6.45, 7) is 6.87. The summed E-state index contributed by atoms with van der Waals surface area (Å²) < 4.78 is 21.1. The highest BCUT2D eigenvalue weighted by molar-refractivity contribution is 9.10. The molecule has 6 aliphatic rings. The molecule has 3 aliphatic carbocycles. The van der Waals surface area contributed by atoms with Gasteiger partial charge in [-0.2, -0.15) is 0 Å². The summed E-state index contributed by atoms with van der Waals surface area (Å²) in [4.78, 5) is 60.3. The Kier molecular flexibility index (Phi) is 23.5. The van der Waals surface area contributed by atoms with Gasteiger partial charge in [0.05, 0.1) is 97.0 Å². The van der Waals surface area contributed by atoms with Gasteiger partial charge in [-0.3, -0.25) is 44.0 Å². The summed E-state index contributed by atoms with van der Waals surface area (Å²) in [6.07, 6.45) is 10.4. The van der Waals surface area contributed by atoms with Crippen molar-refractivity contribution >= 4 is 109 Å². The zero-order valence-electron chi connectivity index (χ0n) is 58.9. The van der Waals surface area contributed by atoms with Crippen molar-refractivity contribution < 1.29 is 59.2 Å². The minimum Gasteiger partial charge on any atom is -0.396 e. The average Bonchev–Trinajstić information content (AvgIpc) is 1.59. The lowest BCUT2D eigenvalue weighted by Gasteiger charge is -2.40. The number of amides is 3. The molecule has 25 heteroatoms. The summed E-state index contributed by atoms with van der Waals surface area (Å²) in [7, 11) is 0. The van der Waals surface area contributed by atoms with Gasteiger partial charge in [-0.1, -0.05) is 159 Å². The van der Waals surface area contributed by atoms with Crippen LogP contribution in [0.3, 0.4) is 0 Å². The van der Waals surface area contributed by atoms with Crippen LogP contribution in [0.4, 0.5) is 0 Å². The van der Waals surface area contributed by atoms with Crippen LogP contribution >= 0.6 is 85.5 Å². The number of nitrogens with zero attached hydrogens (tertiary/aromatic N) is 6. The number of rotatable bonds is 27. The first-order valence-corrected chi connectivity index (χ1v) is 38.4. The lowest BCUT2D eigenvalue weighted by atomic mass is 9.87. The monoisotopic (exact) mass is 1640 g/mol. The third kappa shape index (κ3) is 15.9. The number of hydrogen-bond acceptors (Lipinski definition) is 15. The van der Waals surface area contributed by atoms with Gasteiger partial charge in [0, 0.05) is 124 Å². The molecule has 0 saturated heterocycles. The molecule has 15 rings (SSSR count). The minimum absolute atomic E-state index is 0.00773. The van der Waals surface area contributed by atoms with Crippen molar-refractivity contribution in [3.63, 3.8) is 0 Å². The summed E-state index contributed by atoms with van der Waals surface area (Å²) in [5.41, 5.74) is 3.69. The van der Waals surface area contributed by atoms with E-state index in [1.807, 2.05) is 72.8 Å². The first-order chi connectivity index (χ1) is 51.8. The van der Waals surface area contributed by atoms with Gasteiger partial charge in [0.25, 0.3) is 17.7 Å². The van der Waals surface area contributed by atoms with Crippen LogP contribution in [-0.4, -0.2) is 131 Å². The van der Waals surface area contributed by atoms with Crippen molar-refractivity contribution in [1.82, 2.24) is 29.7 Å². The summed E-state index contributed by atoms with van der Waals surface area (Å²) >= 11 is 40.3. The summed E-state index contributed by atoms with van der Waals surface area (Å²) in [5, 5.41) is 63.0. The standard InChI is InChI=1S/C29H30Cl2N2O5.C29H28Cl2N2O4.C25H21BrCl2N2O3/c1-27(37,12-13-34)20-4-9-25-24(14-20)26(36)33(16-23-8-7-22(31)15-32-23)29(25,19-2-5-21(30)6-3-19)38-18-28(17-35)10-11-28;1-19(10-13-34)20-2-9-26-25(14-20)27(36)33(16-24-8-7-23(31)15-32-24)29(26,21-3-5-22(30)6-4-21)37-18-28(17-35)11-12-28;26-17-3-8-22-21(11-17)23(32)30(13-20-7-6-19(28)12-29-20)25(22,16-1-4-18(27)5-2-16)33-15-24(14-31)9-10-24/h2-9,14-15,34-35,37H,10-13,16-18H2,1H3;2-9,14-15,34-35H,1,10-13,16-18H2;1-8,11-12,31H,9-10,13-15H2/t27?,29-;29-;25-/m111/s1. The van der Waals surface area contributed by atoms with Crippen molar-refractivity contribution in [3.05, 3.63) is 302 Å². The van der Waals surface area contributed by atoms with E-state index in [-0.39, 0.29) is 106 Å². The van der Waals surface area contributed by atoms with E-state index in [1.54, 1.807) is 125 Å². The molecule has 0 spiro atoms. The number of fused-ring (bicyclic) bond motifs is 3. The van der Waals surface area contributed by atoms with Gasteiger partial charge in [0.2, 0.25) is 0 Å². The van der Waals surface area contributed by atoms with Gasteiger partial charge in [-0.25, -0.2) is 0 Å². The Morgan fingerprint density at radius 1 is 0.454 bits per heavy atom. The summed E-state index contributed by atoms with van der Waals surface area (Å²) in [6, 6.07) is 48.9. The first-order valence-electron chi connectivity index (χ1n) is 35.3. The van der Waals surface area contributed by atoms with Crippen molar-refractivity contribution in [1.29, 1.82) is 0 Å². The molecule has 4 atom stereocenters. The zero-order valence-corrected chi connectivity index (χ0v) is 65.0. The number of aromatic nitrogens is 3. The SMILES string of the molecule is C=C(CCO)c1ccc2c(c1)C(=O)N(Cc1ccc(Cl)cn1)[C@@]2(OCC1(CO)CC1)c1ccc(Cl)cc1.CC(O)(CCO)c1ccc2c(c1)C(=O)N(Cc1ccc(Cl)cn1)[C@@]2(OCC1(CO)CC1)c1ccc(Cl)cc1.O=C1c2cc(Br)ccc2[C@](OCC2(CO)CC2)(c2ccc(Cl)cc2)N1Cc1ccc(Cl)cn1. The maximum atomic E-state index is 14.2. The molecule has 9 aromatic rings. The van der Waals surface area contributed by atoms with Crippen LogP contribution in [0.5, 0.6) is 0 Å². The molecule has 0 bridgehead atoms. The molecule has 3 fully saturated rings. The van der Waals surface area contributed by atoms with Gasteiger partial charge in [-0.05, 0) is 166 Å². The predicted octanol–water partition coefficient (Wildman–Crippen LogP) is 15.9. The highest BCUT2D eigenvalue weighted by Crippen LogP contribution is 2.56. The molecule has 3 aromatic heterocycles. The second kappa shape index (κ2) is 32.2. The third-order valence-corrected chi connectivity index (χ3v) is 23.3. The van der Waals surface area contributed by atoms with Crippen LogP contribution in [0.15, 0.2) is 193 Å². The van der Waals surface area contributed by atoms with Crippen LogP contribution in [0.25, 0.3) is 5.57 Å². The van der Waals surface area contributed by atoms with Crippen LogP contribution in [0.2, 0.25) is 30.1 Å². The molecule has 6 N–H and O–H groups in total. The number of ether oxygens (including phenoxy) is 3. The molecule has 1 unspecified atom stereocenters.